The summed E-state index contributed by atoms with van der Waals surface area (Å²) in [6, 6.07) is 5.68. The van der Waals surface area contributed by atoms with Gasteiger partial charge in [0.05, 0.1) is 5.69 Å². The number of carboxylic acids is 1. The van der Waals surface area contributed by atoms with Gasteiger partial charge in [-0.25, -0.2) is 0 Å². The Morgan fingerprint density at radius 2 is 2.25 bits per heavy atom. The quantitative estimate of drug-likeness (QED) is 0.806. The van der Waals surface area contributed by atoms with E-state index in [1.807, 2.05) is 18.2 Å². The average molecular weight is 310 g/mol. The summed E-state index contributed by atoms with van der Waals surface area (Å²) in [6.45, 7) is 0.443. The van der Waals surface area contributed by atoms with Crippen molar-refractivity contribution in [2.45, 2.75) is 25.8 Å². The number of hydrogen-bond donors (Lipinski definition) is 1. The molecule has 1 aromatic carbocycles. The number of aliphatic carboxylic acids is 1. The monoisotopic (exact) mass is 309 g/mol. The van der Waals surface area contributed by atoms with Crippen molar-refractivity contribution in [1.29, 1.82) is 0 Å². The van der Waals surface area contributed by atoms with Gasteiger partial charge in [-0.2, -0.15) is 0 Å². The van der Waals surface area contributed by atoms with Crippen molar-refractivity contribution in [3.63, 3.8) is 0 Å². The molecule has 0 unspecified atom stereocenters. The summed E-state index contributed by atoms with van der Waals surface area (Å²) in [5, 5.41) is 9.39. The van der Waals surface area contributed by atoms with Gasteiger partial charge in [-0.05, 0) is 24.1 Å². The highest BCUT2D eigenvalue weighted by Crippen LogP contribution is 2.39. The summed E-state index contributed by atoms with van der Waals surface area (Å²) in [5.74, 6) is -0.836. The lowest BCUT2D eigenvalue weighted by atomic mass is 10.1. The Labute approximate surface area is 124 Å². The Balaban J connectivity index is 1.97. The summed E-state index contributed by atoms with van der Waals surface area (Å²) >= 11 is 7.23. The molecule has 0 spiro atoms. The molecule has 6 heteroatoms. The van der Waals surface area contributed by atoms with Crippen molar-refractivity contribution < 1.29 is 9.90 Å². The summed E-state index contributed by atoms with van der Waals surface area (Å²) in [7, 11) is 0. The SMILES string of the molecule is O=C(O)CCCn1c2c(sc1=O)Cc1cc(Cl)ccc1-2. The molecular weight excluding hydrogens is 298 g/mol. The molecule has 0 fully saturated rings. The molecule has 1 aromatic heterocycles. The minimum absolute atomic E-state index is 0.0130. The molecule has 1 N–H and O–H groups in total. The van der Waals surface area contributed by atoms with Crippen molar-refractivity contribution in [2.75, 3.05) is 0 Å². The highest BCUT2D eigenvalue weighted by atomic mass is 35.5. The van der Waals surface area contributed by atoms with E-state index in [4.69, 9.17) is 16.7 Å². The van der Waals surface area contributed by atoms with Gasteiger partial charge in [-0.15, -0.1) is 0 Å². The fourth-order valence-electron chi connectivity index (χ4n) is 2.57. The molecule has 1 aliphatic carbocycles. The molecule has 1 aliphatic rings. The van der Waals surface area contributed by atoms with E-state index < -0.39 is 5.97 Å². The molecule has 0 saturated carbocycles. The normalized spacial score (nSPS) is 12.2. The summed E-state index contributed by atoms with van der Waals surface area (Å²) in [4.78, 5) is 23.6. The number of hydrogen-bond acceptors (Lipinski definition) is 3. The Bertz CT molecular complexity index is 747. The maximum Gasteiger partial charge on any atom is 0.307 e. The zero-order chi connectivity index (χ0) is 14.3. The predicted octanol–water partition coefficient (Wildman–Crippen LogP) is 3.00. The number of rotatable bonds is 4. The summed E-state index contributed by atoms with van der Waals surface area (Å²) in [6.07, 6.45) is 1.27. The van der Waals surface area contributed by atoms with Crippen LogP contribution in [-0.2, 0) is 17.8 Å². The van der Waals surface area contributed by atoms with Crippen molar-refractivity contribution >= 4 is 28.9 Å². The van der Waals surface area contributed by atoms with Crippen molar-refractivity contribution in [2.24, 2.45) is 0 Å². The van der Waals surface area contributed by atoms with Gasteiger partial charge in [0.1, 0.15) is 0 Å². The maximum absolute atomic E-state index is 12.0. The van der Waals surface area contributed by atoms with Gasteiger partial charge in [0.25, 0.3) is 0 Å². The van der Waals surface area contributed by atoms with Gasteiger partial charge in [0, 0.05) is 34.8 Å². The third-order valence-corrected chi connectivity index (χ3v) is 4.62. The molecule has 1 heterocycles. The van der Waals surface area contributed by atoms with Crippen LogP contribution in [-0.4, -0.2) is 15.6 Å². The van der Waals surface area contributed by atoms with Crippen molar-refractivity contribution in [3.8, 4) is 11.3 Å². The predicted molar refractivity (Wildman–Crippen MR) is 78.7 cm³/mol. The second-order valence-electron chi connectivity index (χ2n) is 4.77. The van der Waals surface area contributed by atoms with Gasteiger partial charge in [0.2, 0.25) is 0 Å². The Hall–Kier alpha value is -1.59. The number of nitrogens with zero attached hydrogens (tertiary/aromatic N) is 1. The van der Waals surface area contributed by atoms with Crippen LogP contribution >= 0.6 is 22.9 Å². The van der Waals surface area contributed by atoms with Crippen LogP contribution in [0.25, 0.3) is 11.3 Å². The number of carboxylic acid groups (broad SMARTS) is 1. The highest BCUT2D eigenvalue weighted by Gasteiger charge is 2.25. The molecule has 0 radical (unpaired) electrons. The average Bonchev–Trinajstić information content (AvgIpc) is 2.84. The topological polar surface area (TPSA) is 59.3 Å². The van der Waals surface area contributed by atoms with Crippen LogP contribution in [0.15, 0.2) is 23.0 Å². The minimum Gasteiger partial charge on any atom is -0.481 e. The van der Waals surface area contributed by atoms with Gasteiger partial charge >= 0.3 is 10.8 Å². The summed E-state index contributed by atoms with van der Waals surface area (Å²) in [5.41, 5.74) is 3.11. The third kappa shape index (κ3) is 2.27. The van der Waals surface area contributed by atoms with Crippen LogP contribution in [0.3, 0.4) is 0 Å². The second-order valence-corrected chi connectivity index (χ2v) is 6.25. The van der Waals surface area contributed by atoms with E-state index in [1.54, 1.807) is 4.57 Å². The number of halogens is 1. The Morgan fingerprint density at radius 1 is 1.45 bits per heavy atom. The first-order chi connectivity index (χ1) is 9.56. The lowest BCUT2D eigenvalue weighted by Gasteiger charge is -2.07. The molecule has 20 heavy (non-hydrogen) atoms. The molecular formula is C14H12ClNO3S. The van der Waals surface area contributed by atoms with Crippen molar-refractivity contribution in [1.82, 2.24) is 4.57 Å². The fourth-order valence-corrected chi connectivity index (χ4v) is 3.81. The highest BCUT2D eigenvalue weighted by molar-refractivity contribution is 7.09. The molecule has 4 nitrogen and oxygen atoms in total. The first-order valence-electron chi connectivity index (χ1n) is 6.29. The van der Waals surface area contributed by atoms with Crippen LogP contribution < -0.4 is 4.87 Å². The fraction of sp³-hybridized carbons (Fsp3) is 0.286. The number of fused-ring (bicyclic) bond motifs is 3. The first-order valence-corrected chi connectivity index (χ1v) is 7.49. The van der Waals surface area contributed by atoms with E-state index in [0.717, 1.165) is 28.1 Å². The smallest absolute Gasteiger partial charge is 0.307 e. The summed E-state index contributed by atoms with van der Waals surface area (Å²) < 4.78 is 1.70. The zero-order valence-electron chi connectivity index (χ0n) is 10.6. The van der Waals surface area contributed by atoms with Crippen LogP contribution in [0.5, 0.6) is 0 Å². The van der Waals surface area contributed by atoms with Gasteiger partial charge < -0.3 is 5.11 Å². The van der Waals surface area contributed by atoms with E-state index >= 15 is 0 Å². The largest absolute Gasteiger partial charge is 0.481 e. The van der Waals surface area contributed by atoms with Crippen LogP contribution in [0, 0.1) is 0 Å². The maximum atomic E-state index is 12.0. The third-order valence-electron chi connectivity index (χ3n) is 3.41. The molecule has 0 saturated heterocycles. The molecule has 0 amide bonds. The minimum atomic E-state index is -0.836. The van der Waals surface area contributed by atoms with Gasteiger partial charge in [0.15, 0.2) is 0 Å². The number of aromatic nitrogens is 1. The lowest BCUT2D eigenvalue weighted by Crippen LogP contribution is -2.15. The zero-order valence-corrected chi connectivity index (χ0v) is 12.1. The molecule has 104 valence electrons. The van der Waals surface area contributed by atoms with Crippen LogP contribution in [0.1, 0.15) is 23.3 Å². The van der Waals surface area contributed by atoms with E-state index in [-0.39, 0.29) is 11.3 Å². The number of thiazole rings is 1. The number of benzene rings is 1. The Kier molecular flexibility index (Phi) is 3.40. The van der Waals surface area contributed by atoms with E-state index in [2.05, 4.69) is 0 Å². The van der Waals surface area contributed by atoms with E-state index in [1.165, 1.54) is 11.3 Å². The number of carbonyl (C=O) groups is 1. The molecule has 0 aliphatic heterocycles. The molecule has 3 rings (SSSR count). The lowest BCUT2D eigenvalue weighted by molar-refractivity contribution is -0.137. The molecule has 2 aromatic rings. The van der Waals surface area contributed by atoms with E-state index in [0.29, 0.717) is 18.0 Å². The first kappa shape index (κ1) is 13.4. The van der Waals surface area contributed by atoms with Crippen LogP contribution in [0.4, 0.5) is 0 Å². The standard InChI is InChI=1S/C14H12ClNO3S/c15-9-3-4-10-8(6-9)7-11-13(10)16(14(19)20-11)5-1-2-12(17)18/h3-4,6H,1-2,5,7H2,(H,17,18). The second kappa shape index (κ2) is 5.07. The molecule has 0 bridgehead atoms. The Morgan fingerprint density at radius 3 is 3.00 bits per heavy atom. The molecule has 0 atom stereocenters. The van der Waals surface area contributed by atoms with E-state index in [9.17, 15) is 9.59 Å². The van der Waals surface area contributed by atoms with Gasteiger partial charge in [-0.3, -0.25) is 14.2 Å². The van der Waals surface area contributed by atoms with Gasteiger partial charge in [-0.1, -0.05) is 29.0 Å². The van der Waals surface area contributed by atoms with Crippen LogP contribution in [0.2, 0.25) is 5.02 Å². The van der Waals surface area contributed by atoms with Crippen molar-refractivity contribution in [3.05, 3.63) is 43.3 Å².